The van der Waals surface area contributed by atoms with Gasteiger partial charge in [0.15, 0.2) is 5.75 Å². The standard InChI is InChI=1S/C23H22N4O2/c1-2-16-8-9-20-21(13-16)26-27(25-20)22-14-17(10-11-28)12-18(23(22)29)15-24-19-6-4-3-5-7-19/h3-9,12-15,28-29H,2,10-11H2,1H3. The van der Waals surface area contributed by atoms with Gasteiger partial charge >= 0.3 is 0 Å². The number of aromatic nitrogens is 3. The van der Waals surface area contributed by atoms with E-state index < -0.39 is 0 Å². The highest BCUT2D eigenvalue weighted by Gasteiger charge is 2.14. The third-order valence-corrected chi connectivity index (χ3v) is 4.76. The number of aliphatic imine (C=N–C) groups is 1. The van der Waals surface area contributed by atoms with E-state index in [0.717, 1.165) is 28.7 Å². The number of aromatic hydroxyl groups is 1. The molecule has 0 aliphatic carbocycles. The molecule has 1 heterocycles. The molecule has 0 atom stereocenters. The minimum absolute atomic E-state index is 0.00779. The summed E-state index contributed by atoms with van der Waals surface area (Å²) in [6.07, 6.45) is 2.99. The van der Waals surface area contributed by atoms with Crippen molar-refractivity contribution >= 4 is 22.9 Å². The molecule has 0 aliphatic rings. The van der Waals surface area contributed by atoms with Gasteiger partial charge in [0.1, 0.15) is 16.7 Å². The molecule has 0 saturated heterocycles. The van der Waals surface area contributed by atoms with Crippen molar-refractivity contribution in [3.05, 3.63) is 77.4 Å². The predicted molar refractivity (Wildman–Crippen MR) is 114 cm³/mol. The van der Waals surface area contributed by atoms with Crippen molar-refractivity contribution in [1.29, 1.82) is 0 Å². The number of fused-ring (bicyclic) bond motifs is 1. The molecular weight excluding hydrogens is 364 g/mol. The molecule has 6 nitrogen and oxygen atoms in total. The van der Waals surface area contributed by atoms with Gasteiger partial charge in [-0.2, -0.15) is 0 Å². The van der Waals surface area contributed by atoms with Crippen LogP contribution in [0.25, 0.3) is 16.7 Å². The third kappa shape index (κ3) is 4.02. The van der Waals surface area contributed by atoms with Crippen LogP contribution in [0.5, 0.6) is 5.75 Å². The lowest BCUT2D eigenvalue weighted by Crippen LogP contribution is -2.03. The fourth-order valence-electron chi connectivity index (χ4n) is 3.17. The Hall–Kier alpha value is -3.51. The van der Waals surface area contributed by atoms with Crippen molar-refractivity contribution in [3.63, 3.8) is 0 Å². The first-order valence-corrected chi connectivity index (χ1v) is 9.60. The van der Waals surface area contributed by atoms with E-state index in [4.69, 9.17) is 0 Å². The summed E-state index contributed by atoms with van der Waals surface area (Å²) in [7, 11) is 0. The Balaban J connectivity index is 1.80. The number of phenolic OH excluding ortho intramolecular Hbond substituents is 1. The maximum absolute atomic E-state index is 10.9. The normalized spacial score (nSPS) is 11.5. The monoisotopic (exact) mass is 386 g/mol. The highest BCUT2D eigenvalue weighted by molar-refractivity contribution is 5.87. The van der Waals surface area contributed by atoms with Crippen molar-refractivity contribution in [2.75, 3.05) is 6.61 Å². The molecule has 2 N–H and O–H groups in total. The SMILES string of the molecule is CCc1ccc2nn(-c3cc(CCO)cc(C=Nc4ccccc4)c3O)nc2c1. The van der Waals surface area contributed by atoms with E-state index in [1.807, 2.05) is 54.6 Å². The van der Waals surface area contributed by atoms with Crippen LogP contribution in [0.2, 0.25) is 0 Å². The van der Waals surface area contributed by atoms with Gasteiger partial charge in [0, 0.05) is 18.4 Å². The lowest BCUT2D eigenvalue weighted by molar-refractivity contribution is 0.299. The van der Waals surface area contributed by atoms with Gasteiger partial charge in [-0.3, -0.25) is 4.99 Å². The summed E-state index contributed by atoms with van der Waals surface area (Å²) in [6.45, 7) is 2.10. The van der Waals surface area contributed by atoms with Crippen LogP contribution in [0.4, 0.5) is 5.69 Å². The zero-order valence-corrected chi connectivity index (χ0v) is 16.2. The first-order valence-electron chi connectivity index (χ1n) is 9.60. The van der Waals surface area contributed by atoms with Crippen LogP contribution in [0.1, 0.15) is 23.6 Å². The number of nitrogens with zero attached hydrogens (tertiary/aromatic N) is 4. The van der Waals surface area contributed by atoms with Crippen LogP contribution in [-0.4, -0.2) is 38.0 Å². The summed E-state index contributed by atoms with van der Waals surface area (Å²) < 4.78 is 0. The van der Waals surface area contributed by atoms with Crippen molar-refractivity contribution in [3.8, 4) is 11.4 Å². The van der Waals surface area contributed by atoms with Gasteiger partial charge in [-0.05, 0) is 60.4 Å². The molecule has 6 heteroatoms. The molecule has 3 aromatic carbocycles. The van der Waals surface area contributed by atoms with E-state index in [0.29, 0.717) is 17.7 Å². The minimum Gasteiger partial charge on any atom is -0.505 e. The Kier molecular flexibility index (Phi) is 5.35. The first kappa shape index (κ1) is 18.8. The molecule has 0 bridgehead atoms. The highest BCUT2D eigenvalue weighted by atomic mass is 16.3. The Morgan fingerprint density at radius 2 is 1.76 bits per heavy atom. The number of rotatable bonds is 6. The second-order valence-corrected chi connectivity index (χ2v) is 6.79. The number of aliphatic hydroxyl groups is 1. The largest absolute Gasteiger partial charge is 0.505 e. The van der Waals surface area contributed by atoms with Crippen molar-refractivity contribution in [2.45, 2.75) is 19.8 Å². The van der Waals surface area contributed by atoms with Crippen LogP contribution < -0.4 is 0 Å². The molecule has 4 aromatic rings. The van der Waals surface area contributed by atoms with Gasteiger partial charge in [-0.15, -0.1) is 15.0 Å². The molecule has 0 amide bonds. The zero-order valence-electron chi connectivity index (χ0n) is 16.2. The van der Waals surface area contributed by atoms with Gasteiger partial charge in [-0.1, -0.05) is 31.2 Å². The van der Waals surface area contributed by atoms with Gasteiger partial charge in [0.05, 0.1) is 5.69 Å². The molecule has 0 aliphatic heterocycles. The van der Waals surface area contributed by atoms with Crippen LogP contribution >= 0.6 is 0 Å². The molecule has 146 valence electrons. The van der Waals surface area contributed by atoms with Crippen LogP contribution in [0.15, 0.2) is 65.7 Å². The minimum atomic E-state index is 0.00779. The molecule has 0 fully saturated rings. The van der Waals surface area contributed by atoms with Crippen LogP contribution in [0.3, 0.4) is 0 Å². The molecule has 0 spiro atoms. The van der Waals surface area contributed by atoms with E-state index in [1.54, 1.807) is 12.3 Å². The lowest BCUT2D eigenvalue weighted by atomic mass is 10.1. The molecule has 29 heavy (non-hydrogen) atoms. The van der Waals surface area contributed by atoms with E-state index >= 15 is 0 Å². The Morgan fingerprint density at radius 3 is 2.52 bits per heavy atom. The number of hydrogen-bond donors (Lipinski definition) is 2. The van der Waals surface area contributed by atoms with Crippen molar-refractivity contribution in [2.24, 2.45) is 4.99 Å². The number of hydrogen-bond acceptors (Lipinski definition) is 5. The lowest BCUT2D eigenvalue weighted by Gasteiger charge is -2.09. The van der Waals surface area contributed by atoms with Crippen molar-refractivity contribution in [1.82, 2.24) is 15.0 Å². The molecule has 4 rings (SSSR count). The maximum Gasteiger partial charge on any atom is 0.151 e. The fraction of sp³-hybridized carbons (Fsp3) is 0.174. The zero-order chi connectivity index (χ0) is 20.2. The number of aryl methyl sites for hydroxylation is 1. The smallest absolute Gasteiger partial charge is 0.151 e. The second-order valence-electron chi connectivity index (χ2n) is 6.79. The molecule has 0 saturated carbocycles. The van der Waals surface area contributed by atoms with Crippen LogP contribution in [-0.2, 0) is 12.8 Å². The number of para-hydroxylation sites is 1. The summed E-state index contributed by atoms with van der Waals surface area (Å²) in [4.78, 5) is 5.89. The molecule has 1 aromatic heterocycles. The van der Waals surface area contributed by atoms with Crippen molar-refractivity contribution < 1.29 is 10.2 Å². The summed E-state index contributed by atoms with van der Waals surface area (Å²) in [6, 6.07) is 19.1. The summed E-state index contributed by atoms with van der Waals surface area (Å²) in [5, 5.41) is 29.3. The Bertz CT molecular complexity index is 1170. The summed E-state index contributed by atoms with van der Waals surface area (Å²) in [5.41, 5.74) is 5.37. The molecule has 0 radical (unpaired) electrons. The molecule has 0 unspecified atom stereocenters. The van der Waals surface area contributed by atoms with Gasteiger partial charge in [-0.25, -0.2) is 0 Å². The predicted octanol–water partition coefficient (Wildman–Crippen LogP) is 3.97. The number of aliphatic hydroxyl groups excluding tert-OH is 1. The first-order chi connectivity index (χ1) is 14.2. The number of benzene rings is 3. The fourth-order valence-corrected chi connectivity index (χ4v) is 3.17. The Labute approximate surface area is 168 Å². The van der Waals surface area contributed by atoms with Crippen LogP contribution in [0, 0.1) is 0 Å². The third-order valence-electron chi connectivity index (χ3n) is 4.76. The number of phenols is 1. The topological polar surface area (TPSA) is 83.5 Å². The van der Waals surface area contributed by atoms with E-state index in [9.17, 15) is 10.2 Å². The Morgan fingerprint density at radius 1 is 0.966 bits per heavy atom. The average Bonchev–Trinajstić information content (AvgIpc) is 3.17. The summed E-state index contributed by atoms with van der Waals surface area (Å²) in [5.74, 6) is 0.0439. The van der Waals surface area contributed by atoms with E-state index in [-0.39, 0.29) is 12.4 Å². The molecular formula is C23H22N4O2. The van der Waals surface area contributed by atoms with Gasteiger partial charge < -0.3 is 10.2 Å². The van der Waals surface area contributed by atoms with E-state index in [2.05, 4.69) is 22.1 Å². The highest BCUT2D eigenvalue weighted by Crippen LogP contribution is 2.28. The summed E-state index contributed by atoms with van der Waals surface area (Å²) >= 11 is 0. The maximum atomic E-state index is 10.9. The second kappa shape index (κ2) is 8.24. The quantitative estimate of drug-likeness (QED) is 0.491. The van der Waals surface area contributed by atoms with E-state index in [1.165, 1.54) is 10.4 Å². The van der Waals surface area contributed by atoms with Gasteiger partial charge in [0.2, 0.25) is 0 Å². The van der Waals surface area contributed by atoms with Gasteiger partial charge in [0.25, 0.3) is 0 Å². The average molecular weight is 386 g/mol.